The molecule has 1 saturated heterocycles. The summed E-state index contributed by atoms with van der Waals surface area (Å²) >= 11 is 0. The van der Waals surface area contributed by atoms with Crippen molar-refractivity contribution in [1.29, 1.82) is 5.26 Å². The number of aliphatic hydroxyl groups is 1. The van der Waals surface area contributed by atoms with Crippen molar-refractivity contribution >= 4 is 28.4 Å². The first-order valence-electron chi connectivity index (χ1n) is 12.6. The predicted octanol–water partition coefficient (Wildman–Crippen LogP) is 2.36. The Bertz CT molecular complexity index is 1590. The molecule has 4 heterocycles. The van der Waals surface area contributed by atoms with E-state index in [2.05, 4.69) is 20.4 Å². The molecule has 192 valence electrons. The number of nitrogens with zero attached hydrogens (tertiary/aromatic N) is 7. The molecule has 38 heavy (non-hydrogen) atoms. The van der Waals surface area contributed by atoms with Gasteiger partial charge in [-0.25, -0.2) is 14.6 Å². The number of nitrogens with one attached hydrogen (secondary N) is 1. The fourth-order valence-electron chi connectivity index (χ4n) is 4.82. The number of hydrogen-bond donors (Lipinski definition) is 2. The highest BCUT2D eigenvalue weighted by Crippen LogP contribution is 2.33. The molecule has 6 rings (SSSR count). The van der Waals surface area contributed by atoms with Crippen LogP contribution in [0.2, 0.25) is 0 Å². The van der Waals surface area contributed by atoms with Crippen LogP contribution >= 0.6 is 0 Å². The molecule has 1 saturated carbocycles. The first-order valence-corrected chi connectivity index (χ1v) is 12.6. The summed E-state index contributed by atoms with van der Waals surface area (Å²) in [7, 11) is 0. The number of aromatic nitrogens is 5. The number of benzene rings is 1. The van der Waals surface area contributed by atoms with Gasteiger partial charge < -0.3 is 15.3 Å². The Morgan fingerprint density at radius 1 is 1.11 bits per heavy atom. The number of carbonyl (C=O) groups is 1. The summed E-state index contributed by atoms with van der Waals surface area (Å²) in [5.41, 5.74) is 1.12. The third-order valence-electron chi connectivity index (χ3n) is 7.23. The lowest BCUT2D eigenvalue weighted by Gasteiger charge is -2.38. The minimum Gasteiger partial charge on any atom is -0.388 e. The second-order valence-corrected chi connectivity index (χ2v) is 10.0. The average molecular weight is 511 g/mol. The van der Waals surface area contributed by atoms with Crippen molar-refractivity contribution in [3.8, 4) is 11.8 Å². The van der Waals surface area contributed by atoms with Crippen molar-refractivity contribution < 1.29 is 9.90 Å². The van der Waals surface area contributed by atoms with Gasteiger partial charge in [0, 0.05) is 30.9 Å². The summed E-state index contributed by atoms with van der Waals surface area (Å²) in [4.78, 5) is 36.1. The van der Waals surface area contributed by atoms with Crippen LogP contribution < -0.4 is 10.9 Å². The molecular weight excluding hydrogens is 484 g/mol. The van der Waals surface area contributed by atoms with E-state index in [9.17, 15) is 14.7 Å². The van der Waals surface area contributed by atoms with E-state index in [0.29, 0.717) is 48.3 Å². The second kappa shape index (κ2) is 9.39. The van der Waals surface area contributed by atoms with E-state index in [4.69, 9.17) is 5.26 Å². The topological polar surface area (TPSA) is 142 Å². The van der Waals surface area contributed by atoms with Gasteiger partial charge in [0.2, 0.25) is 5.91 Å². The van der Waals surface area contributed by atoms with Gasteiger partial charge in [-0.1, -0.05) is 0 Å². The largest absolute Gasteiger partial charge is 0.388 e. The second-order valence-electron chi connectivity index (χ2n) is 10.0. The van der Waals surface area contributed by atoms with E-state index >= 15 is 0 Å². The first-order chi connectivity index (χ1) is 18.4. The van der Waals surface area contributed by atoms with Gasteiger partial charge in [0.25, 0.3) is 5.56 Å². The van der Waals surface area contributed by atoms with Crippen molar-refractivity contribution in [3.63, 3.8) is 0 Å². The Morgan fingerprint density at radius 3 is 2.53 bits per heavy atom. The van der Waals surface area contributed by atoms with Gasteiger partial charge in [0.15, 0.2) is 5.65 Å². The summed E-state index contributed by atoms with van der Waals surface area (Å²) in [5, 5.41) is 28.0. The highest BCUT2D eigenvalue weighted by atomic mass is 16.3. The minimum absolute atomic E-state index is 0.120. The number of likely N-dealkylation sites (tertiary alicyclic amines) is 1. The number of hydrogen-bond acceptors (Lipinski definition) is 8. The average Bonchev–Trinajstić information content (AvgIpc) is 3.70. The monoisotopic (exact) mass is 510 g/mol. The zero-order valence-electron chi connectivity index (χ0n) is 20.6. The lowest BCUT2D eigenvalue weighted by atomic mass is 9.91. The zero-order chi connectivity index (χ0) is 26.3. The van der Waals surface area contributed by atoms with Crippen LogP contribution in [-0.2, 0) is 11.3 Å². The molecule has 1 aromatic carbocycles. The van der Waals surface area contributed by atoms with E-state index in [1.807, 2.05) is 35.2 Å². The van der Waals surface area contributed by atoms with E-state index < -0.39 is 5.60 Å². The van der Waals surface area contributed by atoms with Crippen molar-refractivity contribution in [3.05, 3.63) is 71.0 Å². The van der Waals surface area contributed by atoms with E-state index in [-0.39, 0.29) is 23.9 Å². The maximum absolute atomic E-state index is 13.2. The predicted molar refractivity (Wildman–Crippen MR) is 139 cm³/mol. The van der Waals surface area contributed by atoms with Gasteiger partial charge in [-0.15, -0.1) is 0 Å². The number of amides is 1. The van der Waals surface area contributed by atoms with Crippen molar-refractivity contribution in [2.45, 2.75) is 37.8 Å². The summed E-state index contributed by atoms with van der Waals surface area (Å²) in [5.74, 6) is 0.971. The lowest BCUT2D eigenvalue weighted by molar-refractivity contribution is -0.137. The van der Waals surface area contributed by atoms with Gasteiger partial charge >= 0.3 is 0 Å². The zero-order valence-corrected chi connectivity index (χ0v) is 20.6. The Labute approximate surface area is 218 Å². The molecule has 11 heteroatoms. The van der Waals surface area contributed by atoms with Crippen molar-refractivity contribution in [2.24, 2.45) is 5.92 Å². The molecule has 0 radical (unpaired) electrons. The van der Waals surface area contributed by atoms with Crippen LogP contribution in [0.4, 0.5) is 11.5 Å². The summed E-state index contributed by atoms with van der Waals surface area (Å²) in [6, 6.07) is 12.9. The Hall–Kier alpha value is -4.56. The Balaban J connectivity index is 1.16. The molecule has 1 aliphatic carbocycles. The molecule has 2 N–H and O–H groups in total. The maximum Gasteiger partial charge on any atom is 0.264 e. The molecule has 11 nitrogen and oxygen atoms in total. The number of anilines is 2. The highest BCUT2D eigenvalue weighted by Gasteiger charge is 2.39. The summed E-state index contributed by atoms with van der Waals surface area (Å²) < 4.78 is 3.03. The van der Waals surface area contributed by atoms with Crippen LogP contribution in [0.5, 0.6) is 0 Å². The van der Waals surface area contributed by atoms with Crippen LogP contribution in [-0.4, -0.2) is 58.9 Å². The standard InChI is InChI=1S/C27H26N8O3/c28-13-18-1-8-23(29-14-18)32-20-4-6-21(7-5-20)35-24-22(15-31-35)26(37)34(17-30-24)16-27(38)9-11-33(12-10-27)25(36)19-2-3-19/h1,4-8,14-15,17,19,38H,2-3,9-12,16H2,(H,29,32). The molecule has 1 aliphatic heterocycles. The number of piperidine rings is 1. The van der Waals surface area contributed by atoms with E-state index in [1.165, 1.54) is 23.3 Å². The fraction of sp³-hybridized carbons (Fsp3) is 0.333. The quantitative estimate of drug-likeness (QED) is 0.403. The molecular formula is C27H26N8O3. The molecule has 3 aromatic heterocycles. The first kappa shape index (κ1) is 23.8. The third-order valence-corrected chi connectivity index (χ3v) is 7.23. The molecule has 0 spiro atoms. The Kier molecular flexibility index (Phi) is 5.88. The minimum atomic E-state index is -1.07. The number of pyridine rings is 1. The van der Waals surface area contributed by atoms with Crippen LogP contribution in [0.3, 0.4) is 0 Å². The van der Waals surface area contributed by atoms with E-state index in [0.717, 1.165) is 24.2 Å². The number of nitriles is 1. The van der Waals surface area contributed by atoms with Crippen LogP contribution in [0.25, 0.3) is 16.7 Å². The van der Waals surface area contributed by atoms with Gasteiger partial charge in [0.1, 0.15) is 23.6 Å². The normalized spacial score (nSPS) is 16.8. The maximum atomic E-state index is 13.2. The Morgan fingerprint density at radius 2 is 1.87 bits per heavy atom. The highest BCUT2D eigenvalue weighted by molar-refractivity contribution is 5.81. The van der Waals surface area contributed by atoms with Gasteiger partial charge in [-0.2, -0.15) is 10.4 Å². The molecule has 0 unspecified atom stereocenters. The van der Waals surface area contributed by atoms with Crippen molar-refractivity contribution in [2.75, 3.05) is 18.4 Å². The molecule has 2 fully saturated rings. The van der Waals surface area contributed by atoms with Crippen LogP contribution in [0.15, 0.2) is 59.9 Å². The van der Waals surface area contributed by atoms with Crippen LogP contribution in [0.1, 0.15) is 31.2 Å². The van der Waals surface area contributed by atoms with Crippen molar-refractivity contribution in [1.82, 2.24) is 29.2 Å². The van der Waals surface area contributed by atoms with Gasteiger partial charge in [-0.05, 0) is 62.1 Å². The smallest absolute Gasteiger partial charge is 0.264 e. The summed E-state index contributed by atoms with van der Waals surface area (Å²) in [6.45, 7) is 1.12. The number of fused-ring (bicyclic) bond motifs is 1. The SMILES string of the molecule is N#Cc1ccc(Nc2ccc(-n3ncc4c(=O)n(CC5(O)CCN(C(=O)C6CC6)CC5)cnc43)cc2)nc1. The third kappa shape index (κ3) is 4.62. The molecule has 4 aromatic rings. The molecule has 0 atom stereocenters. The van der Waals surface area contributed by atoms with Gasteiger partial charge in [-0.3, -0.25) is 14.2 Å². The molecule has 0 bridgehead atoms. The number of carbonyl (C=O) groups excluding carboxylic acids is 1. The molecule has 1 amide bonds. The lowest BCUT2D eigenvalue weighted by Crippen LogP contribution is -2.50. The number of rotatable bonds is 6. The summed E-state index contributed by atoms with van der Waals surface area (Å²) in [6.07, 6.45) is 7.23. The molecule has 2 aliphatic rings. The van der Waals surface area contributed by atoms with Gasteiger partial charge in [0.05, 0.1) is 29.6 Å². The van der Waals surface area contributed by atoms with Crippen LogP contribution in [0, 0.1) is 17.2 Å². The van der Waals surface area contributed by atoms with E-state index in [1.54, 1.807) is 16.8 Å². The fourth-order valence-corrected chi connectivity index (χ4v) is 4.82.